The molecule has 0 aromatic heterocycles. The first-order valence-corrected chi connectivity index (χ1v) is 13.6. The maximum atomic E-state index is 12.7. The Balaban J connectivity index is 1.31. The molecule has 0 aromatic rings. The molecule has 0 unspecified atom stereocenters. The van der Waals surface area contributed by atoms with E-state index in [0.29, 0.717) is 24.2 Å². The van der Waals surface area contributed by atoms with E-state index in [9.17, 15) is 29.1 Å². The number of allylic oxidation sites excluding steroid dienone is 1. The summed E-state index contributed by atoms with van der Waals surface area (Å²) in [4.78, 5) is 58.9. The summed E-state index contributed by atoms with van der Waals surface area (Å²) in [7, 11) is 0. The lowest BCUT2D eigenvalue weighted by molar-refractivity contribution is -0.160. The first kappa shape index (κ1) is 27.3. The van der Waals surface area contributed by atoms with Gasteiger partial charge in [-0.2, -0.15) is 0 Å². The summed E-state index contributed by atoms with van der Waals surface area (Å²) in [6.45, 7) is 4.59. The molecule has 7 atom stereocenters. The van der Waals surface area contributed by atoms with Crippen molar-refractivity contribution in [2.24, 2.45) is 28.6 Å². The first-order valence-electron chi connectivity index (χ1n) is 13.6. The molecule has 0 aliphatic heterocycles. The van der Waals surface area contributed by atoms with Crippen molar-refractivity contribution in [2.75, 3.05) is 0 Å². The fraction of sp³-hybridized carbons (Fsp3) is 0.750. The highest BCUT2D eigenvalue weighted by Gasteiger charge is 2.59. The van der Waals surface area contributed by atoms with Crippen LogP contribution in [0.3, 0.4) is 0 Å². The SMILES string of the molecule is C[C@]12CC[C@@H]3[C@H](CCC4=CC(=O)CC[C@@]43C)[C@@H]1CC[C@@H]2OC(=O)CCC(=O)N[C@H](CCC(=O)O)C(=O)O. The first-order chi connectivity index (χ1) is 17.4. The van der Waals surface area contributed by atoms with Gasteiger partial charge in [0.25, 0.3) is 0 Å². The lowest BCUT2D eigenvalue weighted by atomic mass is 9.47. The summed E-state index contributed by atoms with van der Waals surface area (Å²) in [6, 6.07) is -1.31. The van der Waals surface area contributed by atoms with Crippen molar-refractivity contribution in [1.29, 1.82) is 0 Å². The van der Waals surface area contributed by atoms with Crippen LogP contribution in [0.1, 0.15) is 90.9 Å². The van der Waals surface area contributed by atoms with Gasteiger partial charge in [0.05, 0.1) is 6.42 Å². The molecule has 0 heterocycles. The number of carboxylic acid groups (broad SMARTS) is 2. The lowest BCUT2D eigenvalue weighted by Gasteiger charge is -2.57. The number of hydrogen-bond acceptors (Lipinski definition) is 6. The Hall–Kier alpha value is -2.71. The molecule has 0 aromatic carbocycles. The van der Waals surface area contributed by atoms with Gasteiger partial charge >= 0.3 is 17.9 Å². The van der Waals surface area contributed by atoms with Crippen molar-refractivity contribution >= 4 is 29.6 Å². The van der Waals surface area contributed by atoms with Gasteiger partial charge in [-0.3, -0.25) is 19.2 Å². The van der Waals surface area contributed by atoms with Crippen molar-refractivity contribution in [3.05, 3.63) is 11.6 Å². The van der Waals surface area contributed by atoms with Gasteiger partial charge in [0.1, 0.15) is 12.1 Å². The van der Waals surface area contributed by atoms with E-state index in [0.717, 1.165) is 44.9 Å². The Kier molecular flexibility index (Phi) is 7.81. The average molecular weight is 518 g/mol. The predicted octanol–water partition coefficient (Wildman–Crippen LogP) is 3.64. The highest BCUT2D eigenvalue weighted by Crippen LogP contribution is 2.65. The Bertz CT molecular complexity index is 1000. The smallest absolute Gasteiger partial charge is 0.326 e. The number of hydrogen-bond donors (Lipinski definition) is 3. The summed E-state index contributed by atoms with van der Waals surface area (Å²) in [6.07, 6.45) is 8.20. The zero-order valence-electron chi connectivity index (χ0n) is 21.8. The molecule has 9 nitrogen and oxygen atoms in total. The van der Waals surface area contributed by atoms with Crippen molar-refractivity contribution in [2.45, 2.75) is 103 Å². The van der Waals surface area contributed by atoms with Gasteiger partial charge in [0.2, 0.25) is 5.91 Å². The number of ketones is 1. The predicted molar refractivity (Wildman–Crippen MR) is 132 cm³/mol. The molecule has 0 bridgehead atoms. The number of amides is 1. The molecule has 1 amide bonds. The number of carboxylic acids is 2. The molecule has 3 saturated carbocycles. The normalized spacial score (nSPS) is 35.3. The van der Waals surface area contributed by atoms with Crippen LogP contribution in [0, 0.1) is 28.6 Å². The fourth-order valence-electron chi connectivity index (χ4n) is 7.93. The third-order valence-corrected chi connectivity index (χ3v) is 9.99. The Morgan fingerprint density at radius 2 is 1.76 bits per heavy atom. The monoisotopic (exact) mass is 517 g/mol. The van der Waals surface area contributed by atoms with Crippen LogP contribution in [0.15, 0.2) is 11.6 Å². The van der Waals surface area contributed by atoms with Crippen LogP contribution in [0.5, 0.6) is 0 Å². The molecule has 4 aliphatic carbocycles. The third-order valence-electron chi connectivity index (χ3n) is 9.99. The summed E-state index contributed by atoms with van der Waals surface area (Å²) in [5, 5.41) is 20.2. The van der Waals surface area contributed by atoms with Gasteiger partial charge in [-0.15, -0.1) is 0 Å². The van der Waals surface area contributed by atoms with Crippen molar-refractivity contribution in [1.82, 2.24) is 5.32 Å². The Morgan fingerprint density at radius 3 is 2.46 bits per heavy atom. The van der Waals surface area contributed by atoms with Crippen molar-refractivity contribution < 1.29 is 38.9 Å². The number of nitrogens with one attached hydrogen (secondary N) is 1. The van der Waals surface area contributed by atoms with Gasteiger partial charge < -0.3 is 20.3 Å². The van der Waals surface area contributed by atoms with Crippen LogP contribution in [-0.2, 0) is 28.7 Å². The molecule has 0 spiro atoms. The maximum Gasteiger partial charge on any atom is 0.326 e. The van der Waals surface area contributed by atoms with E-state index in [2.05, 4.69) is 19.2 Å². The lowest BCUT2D eigenvalue weighted by Crippen LogP contribution is -2.51. The Labute approximate surface area is 217 Å². The molecule has 4 rings (SSSR count). The van der Waals surface area contributed by atoms with Gasteiger partial charge in [-0.05, 0) is 80.6 Å². The Morgan fingerprint density at radius 1 is 1.00 bits per heavy atom. The quantitative estimate of drug-likeness (QED) is 0.393. The minimum absolute atomic E-state index is 0.0958. The second-order valence-corrected chi connectivity index (χ2v) is 12.0. The molecule has 204 valence electrons. The minimum atomic E-state index is -1.31. The van der Waals surface area contributed by atoms with Gasteiger partial charge in [-0.25, -0.2) is 4.79 Å². The number of carbonyl (C=O) groups is 5. The van der Waals surface area contributed by atoms with Gasteiger partial charge in [0.15, 0.2) is 5.78 Å². The molecule has 9 heteroatoms. The van der Waals surface area contributed by atoms with Crippen molar-refractivity contribution in [3.8, 4) is 0 Å². The zero-order valence-corrected chi connectivity index (χ0v) is 21.8. The number of fused-ring (bicyclic) bond motifs is 5. The summed E-state index contributed by atoms with van der Waals surface area (Å²) in [5.74, 6) is -1.70. The topological polar surface area (TPSA) is 147 Å². The fourth-order valence-corrected chi connectivity index (χ4v) is 7.93. The molecule has 3 N–H and O–H groups in total. The van der Waals surface area contributed by atoms with E-state index in [4.69, 9.17) is 9.84 Å². The van der Waals surface area contributed by atoms with Crippen LogP contribution in [0.2, 0.25) is 0 Å². The van der Waals surface area contributed by atoms with E-state index in [1.54, 1.807) is 0 Å². The standard InChI is InChI=1S/C28H39NO8/c1-27-13-11-17(30)15-16(27)3-4-18-19-5-7-22(28(19,2)14-12-20(18)27)37-25(34)10-8-23(31)29-21(26(35)36)6-9-24(32)33/h15,18-22H,3-14H2,1-2H3,(H,29,31)(H,32,33)(H,35,36)/t18-,19+,20-,21-,22+,27+,28+/m1/s1. The number of aliphatic carboxylic acids is 2. The molecular formula is C28H39NO8. The molecule has 3 fully saturated rings. The van der Waals surface area contributed by atoms with Crippen LogP contribution in [0.4, 0.5) is 0 Å². The third kappa shape index (κ3) is 5.46. The van der Waals surface area contributed by atoms with Crippen LogP contribution < -0.4 is 5.32 Å². The molecule has 0 saturated heterocycles. The van der Waals surface area contributed by atoms with Crippen LogP contribution in [-0.4, -0.2) is 52.0 Å². The summed E-state index contributed by atoms with van der Waals surface area (Å²) in [5.41, 5.74) is 1.33. The average Bonchev–Trinajstić information content (AvgIpc) is 3.16. The summed E-state index contributed by atoms with van der Waals surface area (Å²) >= 11 is 0. The molecule has 4 aliphatic rings. The highest BCUT2D eigenvalue weighted by molar-refractivity contribution is 5.91. The largest absolute Gasteiger partial charge is 0.481 e. The minimum Gasteiger partial charge on any atom is -0.481 e. The van der Waals surface area contributed by atoms with E-state index < -0.39 is 29.9 Å². The maximum absolute atomic E-state index is 12.7. The van der Waals surface area contributed by atoms with E-state index in [-0.39, 0.29) is 48.4 Å². The number of carbonyl (C=O) groups excluding carboxylic acids is 3. The molecule has 0 radical (unpaired) electrons. The van der Waals surface area contributed by atoms with E-state index in [1.807, 2.05) is 6.08 Å². The zero-order chi connectivity index (χ0) is 27.0. The highest BCUT2D eigenvalue weighted by atomic mass is 16.5. The second-order valence-electron chi connectivity index (χ2n) is 12.0. The number of esters is 1. The molecule has 37 heavy (non-hydrogen) atoms. The van der Waals surface area contributed by atoms with Gasteiger partial charge in [-0.1, -0.05) is 19.4 Å². The van der Waals surface area contributed by atoms with Crippen LogP contribution >= 0.6 is 0 Å². The van der Waals surface area contributed by atoms with E-state index in [1.165, 1.54) is 5.57 Å². The van der Waals surface area contributed by atoms with E-state index >= 15 is 0 Å². The summed E-state index contributed by atoms with van der Waals surface area (Å²) < 4.78 is 5.92. The molecular weight excluding hydrogens is 478 g/mol. The van der Waals surface area contributed by atoms with Crippen molar-refractivity contribution in [3.63, 3.8) is 0 Å². The van der Waals surface area contributed by atoms with Crippen LogP contribution in [0.25, 0.3) is 0 Å². The number of ether oxygens (including phenoxy) is 1. The second kappa shape index (κ2) is 10.6. The number of rotatable bonds is 9. The van der Waals surface area contributed by atoms with Gasteiger partial charge in [0, 0.05) is 24.7 Å².